The highest BCUT2D eigenvalue weighted by Crippen LogP contribution is 2.42. The van der Waals surface area contributed by atoms with E-state index in [1.807, 2.05) is 0 Å². The maximum absolute atomic E-state index is 13.6. The van der Waals surface area contributed by atoms with Gasteiger partial charge in [-0.15, -0.1) is 11.3 Å². The zero-order chi connectivity index (χ0) is 25.4. The molecule has 3 aromatic heterocycles. The minimum atomic E-state index is -2.86. The normalized spacial score (nSPS) is 11.2. The Morgan fingerprint density at radius 1 is 1.31 bits per heavy atom. The van der Waals surface area contributed by atoms with Gasteiger partial charge in [0.15, 0.2) is 0 Å². The fraction of sp³-hybridized carbons (Fsp3) is 0.143. The molecule has 0 spiro atoms. The van der Waals surface area contributed by atoms with Crippen molar-refractivity contribution < 1.29 is 23.3 Å². The average molecular weight is 565 g/mol. The van der Waals surface area contributed by atoms with Gasteiger partial charge in [-0.3, -0.25) is 9.59 Å². The lowest BCUT2D eigenvalue weighted by molar-refractivity contribution is -0.390. The number of hydrogen-bond donors (Lipinski definition) is 2. The first kappa shape index (κ1) is 24.3. The first-order chi connectivity index (χ1) is 16.6. The molecule has 0 saturated carbocycles. The number of pyridine rings is 1. The van der Waals surface area contributed by atoms with Gasteiger partial charge in [0.2, 0.25) is 5.91 Å². The van der Waals surface area contributed by atoms with E-state index < -0.39 is 41.2 Å². The number of carbonyl (C=O) groups excluding carboxylic acids is 2. The molecule has 1 aromatic carbocycles. The van der Waals surface area contributed by atoms with Crippen molar-refractivity contribution >= 4 is 60.8 Å². The number of nitrogens with two attached hydrogens (primary N) is 1. The van der Waals surface area contributed by atoms with Gasteiger partial charge >= 0.3 is 5.82 Å². The van der Waals surface area contributed by atoms with E-state index in [1.165, 1.54) is 13.0 Å². The smallest absolute Gasteiger partial charge is 0.365 e. The number of anilines is 1. The molecule has 3 N–H and O–H groups in total. The number of aromatic nitrogens is 3. The molecule has 4 aromatic rings. The third kappa shape index (κ3) is 4.61. The van der Waals surface area contributed by atoms with Crippen molar-refractivity contribution in [1.82, 2.24) is 14.8 Å². The van der Waals surface area contributed by atoms with Crippen LogP contribution in [0.25, 0.3) is 21.3 Å². The molecule has 3 heterocycles. The first-order valence-corrected chi connectivity index (χ1v) is 11.5. The van der Waals surface area contributed by atoms with Gasteiger partial charge in [-0.2, -0.15) is 4.68 Å². The number of thiophene rings is 1. The average Bonchev–Trinajstić information content (AvgIpc) is 3.32. The number of fused-ring (bicyclic) bond motifs is 1. The summed E-state index contributed by atoms with van der Waals surface area (Å²) in [6.45, 7) is 1.12. The fourth-order valence-electron chi connectivity index (χ4n) is 3.46. The van der Waals surface area contributed by atoms with Crippen LogP contribution in [0.2, 0.25) is 0 Å². The van der Waals surface area contributed by atoms with E-state index in [2.05, 4.69) is 31.3 Å². The van der Waals surface area contributed by atoms with E-state index in [9.17, 15) is 28.5 Å². The lowest BCUT2D eigenvalue weighted by Crippen LogP contribution is -2.22. The Bertz CT molecular complexity index is 1490. The van der Waals surface area contributed by atoms with E-state index in [-0.39, 0.29) is 25.3 Å². The van der Waals surface area contributed by atoms with Gasteiger partial charge in [0.05, 0.1) is 16.5 Å². The van der Waals surface area contributed by atoms with Gasteiger partial charge in [-0.25, -0.2) is 13.8 Å². The summed E-state index contributed by atoms with van der Waals surface area (Å²) < 4.78 is 28.4. The van der Waals surface area contributed by atoms with Gasteiger partial charge in [-0.05, 0) is 45.0 Å². The molecule has 10 nitrogen and oxygen atoms in total. The largest absolute Gasteiger partial charge is 0.404 e. The van der Waals surface area contributed by atoms with E-state index in [0.29, 0.717) is 16.8 Å². The van der Waals surface area contributed by atoms with Crippen LogP contribution in [0.5, 0.6) is 0 Å². The molecule has 0 fully saturated rings. The van der Waals surface area contributed by atoms with Gasteiger partial charge < -0.3 is 21.2 Å². The summed E-state index contributed by atoms with van der Waals surface area (Å²) in [5, 5.41) is 17.8. The summed E-state index contributed by atoms with van der Waals surface area (Å²) in [5.41, 5.74) is 6.28. The number of carbonyl (C=O) groups is 2. The predicted molar refractivity (Wildman–Crippen MR) is 128 cm³/mol. The highest BCUT2D eigenvalue weighted by molar-refractivity contribution is 9.10. The third-order valence-electron chi connectivity index (χ3n) is 5.06. The Labute approximate surface area is 208 Å². The van der Waals surface area contributed by atoms with Crippen LogP contribution in [0.4, 0.5) is 20.3 Å². The second-order valence-electron chi connectivity index (χ2n) is 7.30. The number of nitrogens with one attached hydrogen (secondary N) is 1. The Morgan fingerprint density at radius 3 is 2.57 bits per heavy atom. The summed E-state index contributed by atoms with van der Waals surface area (Å²) >= 11 is 3.86. The molecule has 0 saturated heterocycles. The lowest BCUT2D eigenvalue weighted by Gasteiger charge is -2.11. The Morgan fingerprint density at radius 2 is 2.00 bits per heavy atom. The van der Waals surface area contributed by atoms with Crippen LogP contribution >= 0.6 is 27.3 Å². The molecule has 180 valence electrons. The summed E-state index contributed by atoms with van der Waals surface area (Å²) in [6.07, 6.45) is -2.86. The highest BCUT2D eigenvalue weighted by atomic mass is 79.9. The van der Waals surface area contributed by atoms with Crippen molar-refractivity contribution in [3.05, 3.63) is 67.3 Å². The number of benzene rings is 1. The van der Waals surface area contributed by atoms with Crippen molar-refractivity contribution in [2.24, 2.45) is 5.73 Å². The van der Waals surface area contributed by atoms with E-state index in [1.54, 1.807) is 30.3 Å². The van der Waals surface area contributed by atoms with Gasteiger partial charge in [0, 0.05) is 5.39 Å². The lowest BCUT2D eigenvalue weighted by atomic mass is 10.0. The van der Waals surface area contributed by atoms with Crippen molar-refractivity contribution in [3.8, 4) is 11.1 Å². The van der Waals surface area contributed by atoms with Crippen LogP contribution < -0.4 is 11.1 Å². The third-order valence-corrected chi connectivity index (χ3v) is 7.09. The van der Waals surface area contributed by atoms with Crippen LogP contribution in [0, 0.1) is 17.0 Å². The molecule has 0 aliphatic carbocycles. The molecular formula is C21H15BrF2N6O4S. The van der Waals surface area contributed by atoms with Gasteiger partial charge in [-0.1, -0.05) is 30.3 Å². The van der Waals surface area contributed by atoms with Crippen LogP contribution in [0.1, 0.15) is 27.5 Å². The van der Waals surface area contributed by atoms with Crippen LogP contribution in [-0.4, -0.2) is 31.5 Å². The molecule has 0 bridgehead atoms. The molecule has 2 amide bonds. The number of rotatable bonds is 7. The van der Waals surface area contributed by atoms with Crippen molar-refractivity contribution in [3.63, 3.8) is 0 Å². The molecule has 35 heavy (non-hydrogen) atoms. The maximum Gasteiger partial charge on any atom is 0.404 e. The SMILES string of the molecule is Cc1c(Br)c([N+](=O)[O-])nn1CC(=O)Nc1c(C(N)=O)sc2nc(C(F)F)cc(-c3ccccc3)c12. The summed E-state index contributed by atoms with van der Waals surface area (Å²) in [6, 6.07) is 9.78. The molecule has 0 aliphatic heterocycles. The summed E-state index contributed by atoms with van der Waals surface area (Å²) in [7, 11) is 0. The minimum Gasteiger partial charge on any atom is -0.365 e. The summed E-state index contributed by atoms with van der Waals surface area (Å²) in [5.74, 6) is -2.00. The molecule has 0 unspecified atom stereocenters. The topological polar surface area (TPSA) is 146 Å². The molecule has 0 atom stereocenters. The molecule has 0 radical (unpaired) electrons. The highest BCUT2D eigenvalue weighted by Gasteiger charge is 2.27. The Balaban J connectivity index is 1.83. The standard InChI is InChI=1S/C21H15BrF2N6O4S/c1-9-15(22)20(30(33)34)28-29(9)8-13(31)27-16-14-11(10-5-3-2-4-6-10)7-12(18(23)24)26-21(14)35-17(16)19(25)32/h2-7,18H,8H2,1H3,(H2,25,32)(H,27,31). The fourth-order valence-corrected chi connectivity index (χ4v) is 4.90. The van der Waals surface area contributed by atoms with Crippen molar-refractivity contribution in [2.75, 3.05) is 5.32 Å². The van der Waals surface area contributed by atoms with Crippen LogP contribution in [-0.2, 0) is 11.3 Å². The number of amides is 2. The molecule has 14 heteroatoms. The van der Waals surface area contributed by atoms with Crippen molar-refractivity contribution in [1.29, 1.82) is 0 Å². The number of nitro groups is 1. The number of primary amides is 1. The zero-order valence-electron chi connectivity index (χ0n) is 17.8. The Hall–Kier alpha value is -3.78. The quantitative estimate of drug-likeness (QED) is 0.243. The second kappa shape index (κ2) is 9.46. The van der Waals surface area contributed by atoms with Crippen molar-refractivity contribution in [2.45, 2.75) is 19.9 Å². The number of halogens is 3. The van der Waals surface area contributed by atoms with Gasteiger partial charge in [0.1, 0.15) is 26.4 Å². The number of alkyl halides is 2. The maximum atomic E-state index is 13.6. The second-order valence-corrected chi connectivity index (χ2v) is 9.09. The van der Waals surface area contributed by atoms with Crippen LogP contribution in [0.3, 0.4) is 0 Å². The number of hydrogen-bond acceptors (Lipinski definition) is 7. The number of nitrogens with zero attached hydrogens (tertiary/aromatic N) is 4. The zero-order valence-corrected chi connectivity index (χ0v) is 20.2. The monoisotopic (exact) mass is 564 g/mol. The van der Waals surface area contributed by atoms with E-state index >= 15 is 0 Å². The summed E-state index contributed by atoms with van der Waals surface area (Å²) in [4.78, 5) is 39.5. The molecule has 0 aliphatic rings. The van der Waals surface area contributed by atoms with Gasteiger partial charge in [0.25, 0.3) is 12.3 Å². The molecular weight excluding hydrogens is 550 g/mol. The van der Waals surface area contributed by atoms with E-state index in [0.717, 1.165) is 16.0 Å². The van der Waals surface area contributed by atoms with E-state index in [4.69, 9.17) is 5.73 Å². The minimum absolute atomic E-state index is 0.0213. The van der Waals surface area contributed by atoms with Crippen LogP contribution in [0.15, 0.2) is 40.9 Å². The first-order valence-electron chi connectivity index (χ1n) is 9.86. The predicted octanol–water partition coefficient (Wildman–Crippen LogP) is 4.81. The molecule has 4 rings (SSSR count). The Kier molecular flexibility index (Phi) is 6.58.